The summed E-state index contributed by atoms with van der Waals surface area (Å²) in [5.41, 5.74) is 4.24. The number of amides is 1. The third kappa shape index (κ3) is 7.15. The van der Waals surface area contributed by atoms with E-state index in [2.05, 4.69) is 29.6 Å². The summed E-state index contributed by atoms with van der Waals surface area (Å²) in [6, 6.07) is 16.3. The average Bonchev–Trinajstić information content (AvgIpc) is 3.11. The van der Waals surface area contributed by atoms with Crippen LogP contribution in [-0.2, 0) is 23.9 Å². The molecule has 2 atom stereocenters. The van der Waals surface area contributed by atoms with Gasteiger partial charge in [0.25, 0.3) is 0 Å². The highest BCUT2D eigenvalue weighted by Gasteiger charge is 2.30. The molecule has 188 valence electrons. The Morgan fingerprint density at radius 3 is 2.09 bits per heavy atom. The van der Waals surface area contributed by atoms with Gasteiger partial charge >= 0.3 is 11.9 Å². The summed E-state index contributed by atoms with van der Waals surface area (Å²) in [7, 11) is 0. The third-order valence-corrected chi connectivity index (χ3v) is 6.12. The van der Waals surface area contributed by atoms with Gasteiger partial charge in [-0.3, -0.25) is 14.4 Å². The summed E-state index contributed by atoms with van der Waals surface area (Å²) in [6.45, 7) is 7.26. The number of hydrogen-bond donors (Lipinski definition) is 2. The van der Waals surface area contributed by atoms with Crippen LogP contribution < -0.4 is 5.32 Å². The molecule has 0 heterocycles. The number of esters is 1. The molecule has 0 saturated carbocycles. The summed E-state index contributed by atoms with van der Waals surface area (Å²) < 4.78 is 11.0. The van der Waals surface area contributed by atoms with Gasteiger partial charge in [0, 0.05) is 11.5 Å². The molecule has 0 spiro atoms. The number of nitrogens with one attached hydrogen (secondary N) is 1. The van der Waals surface area contributed by atoms with Crippen LogP contribution in [0.25, 0.3) is 11.1 Å². The lowest BCUT2D eigenvalue weighted by atomic mass is 9.96. The molecular weight excluding hydrogens is 446 g/mol. The smallest absolute Gasteiger partial charge is 0.308 e. The molecule has 0 saturated heterocycles. The number of hydrogen-bond acceptors (Lipinski definition) is 5. The molecule has 1 amide bonds. The van der Waals surface area contributed by atoms with Gasteiger partial charge in [0.2, 0.25) is 5.91 Å². The zero-order valence-corrected chi connectivity index (χ0v) is 20.9. The lowest BCUT2D eigenvalue weighted by molar-refractivity contribution is -0.150. The molecule has 7 heteroatoms. The minimum atomic E-state index is -1.01. The molecular formula is C28H35NO6. The van der Waals surface area contributed by atoms with Crippen molar-refractivity contribution in [2.75, 3.05) is 19.8 Å². The first-order chi connectivity index (χ1) is 16.6. The van der Waals surface area contributed by atoms with Gasteiger partial charge in [0.15, 0.2) is 0 Å². The van der Waals surface area contributed by atoms with E-state index in [1.807, 2.05) is 45.0 Å². The highest BCUT2D eigenvalue weighted by Crippen LogP contribution is 2.44. The summed E-state index contributed by atoms with van der Waals surface area (Å²) >= 11 is 0. The highest BCUT2D eigenvalue weighted by molar-refractivity contribution is 5.79. The van der Waals surface area contributed by atoms with Gasteiger partial charge in [-0.25, -0.2) is 0 Å². The summed E-state index contributed by atoms with van der Waals surface area (Å²) in [5.74, 6) is -2.93. The summed E-state index contributed by atoms with van der Waals surface area (Å²) in [5, 5.41) is 12.3. The Hall–Kier alpha value is -3.19. The van der Waals surface area contributed by atoms with Crippen LogP contribution in [0, 0.1) is 11.8 Å². The van der Waals surface area contributed by atoms with Crippen LogP contribution >= 0.6 is 0 Å². The Morgan fingerprint density at radius 1 is 0.971 bits per heavy atom. The van der Waals surface area contributed by atoms with Crippen molar-refractivity contribution in [3.05, 3.63) is 59.7 Å². The van der Waals surface area contributed by atoms with Crippen LogP contribution in [-0.4, -0.2) is 48.3 Å². The molecule has 0 aromatic heterocycles. The van der Waals surface area contributed by atoms with Crippen molar-refractivity contribution in [1.82, 2.24) is 5.32 Å². The van der Waals surface area contributed by atoms with Crippen molar-refractivity contribution >= 4 is 17.8 Å². The number of carboxylic acid groups (broad SMARTS) is 1. The van der Waals surface area contributed by atoms with Gasteiger partial charge in [0.1, 0.15) is 13.2 Å². The van der Waals surface area contributed by atoms with E-state index in [9.17, 15) is 19.5 Å². The van der Waals surface area contributed by atoms with Gasteiger partial charge < -0.3 is 19.9 Å². The number of carbonyl (C=O) groups is 3. The molecule has 1 aliphatic carbocycles. The van der Waals surface area contributed by atoms with E-state index >= 15 is 0 Å². The average molecular weight is 482 g/mol. The quantitative estimate of drug-likeness (QED) is 0.462. The number of aliphatic carboxylic acids is 1. The Kier molecular flexibility index (Phi) is 8.67. The highest BCUT2D eigenvalue weighted by atomic mass is 16.5. The summed E-state index contributed by atoms with van der Waals surface area (Å²) in [4.78, 5) is 36.2. The van der Waals surface area contributed by atoms with Gasteiger partial charge in [0.05, 0.1) is 18.4 Å². The first kappa shape index (κ1) is 26.4. The molecule has 3 rings (SSSR count). The normalized spacial score (nSPS) is 14.5. The second kappa shape index (κ2) is 11.5. The molecule has 2 aromatic rings. The van der Waals surface area contributed by atoms with E-state index in [1.54, 1.807) is 6.92 Å². The fraction of sp³-hybridized carbons (Fsp3) is 0.464. The molecule has 2 N–H and O–H groups in total. The molecule has 0 bridgehead atoms. The first-order valence-corrected chi connectivity index (χ1v) is 12.0. The van der Waals surface area contributed by atoms with Crippen molar-refractivity contribution in [1.29, 1.82) is 0 Å². The number of ether oxygens (including phenoxy) is 2. The monoisotopic (exact) mass is 481 g/mol. The van der Waals surface area contributed by atoms with Crippen LogP contribution in [0.2, 0.25) is 0 Å². The SMILES string of the molecule is CC(CC[C@@H](COCC(=O)NC(C)(C)C)C(=O)O)C(=O)OCC1c2ccccc2-c2ccccc21. The minimum absolute atomic E-state index is 0.0158. The standard InChI is InChI=1S/C28H35NO6/c1-18(13-14-19(26(31)32)15-34-17-25(30)29-28(2,3)4)27(33)35-16-24-22-11-7-5-9-20(22)21-10-6-8-12-23(21)24/h5-12,18-19,24H,13-17H2,1-4H3,(H,29,30)(H,31,32)/t18?,19-/m0/s1. The van der Waals surface area contributed by atoms with E-state index in [4.69, 9.17) is 9.47 Å². The van der Waals surface area contributed by atoms with Gasteiger partial charge in [-0.05, 0) is 55.9 Å². The Morgan fingerprint density at radius 2 is 1.54 bits per heavy atom. The zero-order chi connectivity index (χ0) is 25.6. The van der Waals surface area contributed by atoms with Crippen molar-refractivity contribution in [2.45, 2.75) is 52.0 Å². The van der Waals surface area contributed by atoms with Crippen LogP contribution in [0.1, 0.15) is 57.6 Å². The van der Waals surface area contributed by atoms with Gasteiger partial charge in [-0.15, -0.1) is 0 Å². The number of carboxylic acids is 1. The molecule has 7 nitrogen and oxygen atoms in total. The number of benzene rings is 2. The van der Waals surface area contributed by atoms with E-state index in [-0.39, 0.29) is 49.6 Å². The van der Waals surface area contributed by atoms with E-state index in [0.29, 0.717) is 6.42 Å². The van der Waals surface area contributed by atoms with E-state index < -0.39 is 17.8 Å². The van der Waals surface area contributed by atoms with Crippen LogP contribution in [0.5, 0.6) is 0 Å². The van der Waals surface area contributed by atoms with Crippen LogP contribution in [0.4, 0.5) is 0 Å². The Balaban J connectivity index is 1.48. The van der Waals surface area contributed by atoms with E-state index in [1.165, 1.54) is 0 Å². The predicted octanol–water partition coefficient (Wildman–Crippen LogP) is 4.39. The van der Waals surface area contributed by atoms with Crippen LogP contribution in [0.15, 0.2) is 48.5 Å². The maximum absolute atomic E-state index is 12.7. The van der Waals surface area contributed by atoms with Crippen molar-refractivity contribution in [2.24, 2.45) is 11.8 Å². The molecule has 0 fully saturated rings. The minimum Gasteiger partial charge on any atom is -0.481 e. The Labute approximate surface area is 206 Å². The Bertz CT molecular complexity index is 1010. The fourth-order valence-electron chi connectivity index (χ4n) is 4.34. The second-order valence-corrected chi connectivity index (χ2v) is 10.2. The van der Waals surface area contributed by atoms with Crippen molar-refractivity contribution in [3.63, 3.8) is 0 Å². The number of carbonyl (C=O) groups excluding carboxylic acids is 2. The fourth-order valence-corrected chi connectivity index (χ4v) is 4.34. The van der Waals surface area contributed by atoms with E-state index in [0.717, 1.165) is 22.3 Å². The summed E-state index contributed by atoms with van der Waals surface area (Å²) in [6.07, 6.45) is 0.604. The molecule has 35 heavy (non-hydrogen) atoms. The maximum atomic E-state index is 12.7. The maximum Gasteiger partial charge on any atom is 0.308 e. The molecule has 1 unspecified atom stereocenters. The number of fused-ring (bicyclic) bond motifs is 3. The zero-order valence-electron chi connectivity index (χ0n) is 20.9. The molecule has 2 aromatic carbocycles. The van der Waals surface area contributed by atoms with Crippen molar-refractivity contribution < 1.29 is 29.0 Å². The van der Waals surface area contributed by atoms with Crippen molar-refractivity contribution in [3.8, 4) is 11.1 Å². The molecule has 0 aliphatic heterocycles. The number of rotatable bonds is 11. The second-order valence-electron chi connectivity index (χ2n) is 10.2. The predicted molar refractivity (Wildman–Crippen MR) is 133 cm³/mol. The lowest BCUT2D eigenvalue weighted by Crippen LogP contribution is -2.42. The third-order valence-electron chi connectivity index (χ3n) is 6.12. The lowest BCUT2D eigenvalue weighted by Gasteiger charge is -2.21. The van der Waals surface area contributed by atoms with Crippen LogP contribution in [0.3, 0.4) is 0 Å². The van der Waals surface area contributed by atoms with Gasteiger partial charge in [-0.1, -0.05) is 55.5 Å². The van der Waals surface area contributed by atoms with Gasteiger partial charge in [-0.2, -0.15) is 0 Å². The molecule has 1 aliphatic rings. The largest absolute Gasteiger partial charge is 0.481 e. The first-order valence-electron chi connectivity index (χ1n) is 12.0. The topological polar surface area (TPSA) is 102 Å². The molecule has 0 radical (unpaired) electrons.